The van der Waals surface area contributed by atoms with Crippen LogP contribution < -0.4 is 0 Å². The third-order valence-corrected chi connectivity index (χ3v) is 5.58. The lowest BCUT2D eigenvalue weighted by atomic mass is 10.2. The molecule has 2 aliphatic heterocycles. The molecule has 0 atom stereocenters. The molecule has 15 heteroatoms. The maximum atomic E-state index is 13.3. The Morgan fingerprint density at radius 3 is 2.57 bits per heavy atom. The van der Waals surface area contributed by atoms with Crippen LogP contribution in [0.3, 0.4) is 0 Å². The molecule has 162 valence electrons. The average molecular weight is 472 g/mol. The van der Waals surface area contributed by atoms with Gasteiger partial charge in [-0.2, -0.15) is 31.3 Å². The van der Waals surface area contributed by atoms with E-state index in [2.05, 4.69) is 19.7 Å². The Morgan fingerprint density at radius 2 is 1.97 bits per heavy atom. The molecule has 0 spiro atoms. The van der Waals surface area contributed by atoms with E-state index in [0.717, 1.165) is 22.7 Å². The van der Waals surface area contributed by atoms with Crippen LogP contribution in [0.15, 0.2) is 27.0 Å². The van der Waals surface area contributed by atoms with E-state index in [1.54, 1.807) is 0 Å². The number of hydrogen-bond acceptors (Lipinski definition) is 7. The van der Waals surface area contributed by atoms with Gasteiger partial charge in [0.15, 0.2) is 10.3 Å². The van der Waals surface area contributed by atoms with Crippen LogP contribution in [0.2, 0.25) is 0 Å². The first kappa shape index (κ1) is 22.4. The lowest BCUT2D eigenvalue weighted by Crippen LogP contribution is -2.25. The summed E-state index contributed by atoms with van der Waals surface area (Å²) in [6.07, 6.45) is -8.82. The number of esters is 1. The minimum Gasteiger partial charge on any atom is -0.412 e. The number of ether oxygens (including phenoxy) is 1. The number of aryl methyl sites for hydroxylation is 1. The van der Waals surface area contributed by atoms with Gasteiger partial charge in [-0.3, -0.25) is 4.79 Å². The molecular weight excluding hydrogens is 462 g/mol. The molecule has 0 bridgehead atoms. The summed E-state index contributed by atoms with van der Waals surface area (Å²) in [7, 11) is 0. The van der Waals surface area contributed by atoms with Gasteiger partial charge in [0, 0.05) is 18.1 Å². The van der Waals surface area contributed by atoms with Crippen molar-refractivity contribution in [2.45, 2.75) is 31.6 Å². The molecule has 0 aliphatic carbocycles. The second-order valence-corrected chi connectivity index (χ2v) is 7.60. The fourth-order valence-electron chi connectivity index (χ4n) is 2.49. The highest BCUT2D eigenvalue weighted by Crippen LogP contribution is 2.37. The zero-order valence-corrected chi connectivity index (χ0v) is 16.4. The van der Waals surface area contributed by atoms with Crippen LogP contribution in [0.25, 0.3) is 0 Å². The van der Waals surface area contributed by atoms with Crippen molar-refractivity contribution in [1.82, 2.24) is 9.55 Å². The lowest BCUT2D eigenvalue weighted by molar-refractivity contribution is -0.194. The van der Waals surface area contributed by atoms with Crippen LogP contribution in [0.1, 0.15) is 18.3 Å². The van der Waals surface area contributed by atoms with Gasteiger partial charge < -0.3 is 9.30 Å². The number of imidazole rings is 1. The average Bonchev–Trinajstić information content (AvgIpc) is 3.23. The predicted octanol–water partition coefficient (Wildman–Crippen LogP) is 3.56. The van der Waals surface area contributed by atoms with Crippen LogP contribution in [0, 0.1) is 0 Å². The van der Waals surface area contributed by atoms with E-state index in [1.165, 1.54) is 6.92 Å². The van der Waals surface area contributed by atoms with Gasteiger partial charge in [0.1, 0.15) is 11.3 Å². The standard InChI is InChI=1S/C15H10F6N4O3S2/c1-2-25-5-22-7(9(25)14(16,17)18)4-30-13-23-6-3-29-11(8(6)10(26)24-13)28-12(27)15(19,20)21/h5H,2-4H2,1H3. The Hall–Kier alpha value is -2.29. The second kappa shape index (κ2) is 8.09. The number of nitrogens with zero attached hydrogens (tertiary/aromatic N) is 4. The van der Waals surface area contributed by atoms with Crippen molar-refractivity contribution < 1.29 is 40.7 Å². The van der Waals surface area contributed by atoms with Gasteiger partial charge in [-0.05, 0) is 6.92 Å². The Bertz CT molecular complexity index is 993. The van der Waals surface area contributed by atoms with E-state index in [-0.39, 0.29) is 40.2 Å². The number of carbonyl (C=O) groups excluding carboxylic acids is 2. The third-order valence-electron chi connectivity index (χ3n) is 3.75. The molecule has 1 amide bonds. The van der Waals surface area contributed by atoms with Gasteiger partial charge in [-0.1, -0.05) is 23.5 Å². The Labute approximate surface area is 172 Å². The molecular formula is C15H10F6N4O3S2. The topological polar surface area (TPSA) is 85.9 Å². The number of fused-ring (bicyclic) bond motifs is 1. The molecule has 0 fully saturated rings. The predicted molar refractivity (Wildman–Crippen MR) is 95.7 cm³/mol. The third kappa shape index (κ3) is 4.55. The molecule has 0 saturated heterocycles. The first-order chi connectivity index (χ1) is 13.9. The fourth-order valence-corrected chi connectivity index (χ4v) is 4.25. The maximum absolute atomic E-state index is 13.3. The van der Waals surface area contributed by atoms with Crippen molar-refractivity contribution >= 4 is 46.3 Å². The first-order valence-corrected chi connectivity index (χ1v) is 10.00. The molecule has 1 aromatic heterocycles. The van der Waals surface area contributed by atoms with Crippen LogP contribution in [0.4, 0.5) is 26.3 Å². The molecule has 30 heavy (non-hydrogen) atoms. The Morgan fingerprint density at radius 1 is 1.27 bits per heavy atom. The lowest BCUT2D eigenvalue weighted by Gasteiger charge is -2.12. The SMILES string of the molecule is CCn1cnc(CSC2=NC(=O)C3=C(OC(=O)C(F)(F)F)SCC3=N2)c1C(F)(F)F. The molecule has 2 aliphatic rings. The number of thioether (sulfide) groups is 2. The summed E-state index contributed by atoms with van der Waals surface area (Å²) in [5.41, 5.74) is -1.53. The quantitative estimate of drug-likeness (QED) is 0.492. The first-order valence-electron chi connectivity index (χ1n) is 8.02. The van der Waals surface area contributed by atoms with Gasteiger partial charge in [-0.15, -0.1) is 0 Å². The molecule has 0 saturated carbocycles. The molecule has 0 N–H and O–H groups in total. The van der Waals surface area contributed by atoms with E-state index in [1.807, 2.05) is 0 Å². The van der Waals surface area contributed by atoms with E-state index in [4.69, 9.17) is 0 Å². The Kier molecular flexibility index (Phi) is 6.04. The van der Waals surface area contributed by atoms with Crippen LogP contribution in [0.5, 0.6) is 0 Å². The molecule has 3 heterocycles. The Balaban J connectivity index is 1.77. The van der Waals surface area contributed by atoms with E-state index in [9.17, 15) is 35.9 Å². The summed E-state index contributed by atoms with van der Waals surface area (Å²) in [5, 5.41) is -0.725. The molecule has 0 radical (unpaired) electrons. The number of aromatic nitrogens is 2. The van der Waals surface area contributed by atoms with Gasteiger partial charge in [0.05, 0.1) is 17.7 Å². The zero-order chi connectivity index (χ0) is 22.3. The number of rotatable bonds is 4. The summed E-state index contributed by atoms with van der Waals surface area (Å²) in [6.45, 7) is 1.58. The minimum absolute atomic E-state index is 0.0302. The van der Waals surface area contributed by atoms with Gasteiger partial charge >= 0.3 is 18.3 Å². The number of amides is 1. The number of hydrogen-bond donors (Lipinski definition) is 0. The van der Waals surface area contributed by atoms with Crippen molar-refractivity contribution in [1.29, 1.82) is 0 Å². The normalized spacial score (nSPS) is 17.1. The number of alkyl halides is 6. The van der Waals surface area contributed by atoms with Gasteiger partial charge in [0.25, 0.3) is 5.91 Å². The number of halogens is 6. The number of carbonyl (C=O) groups is 2. The molecule has 0 unspecified atom stereocenters. The van der Waals surface area contributed by atoms with Crippen LogP contribution >= 0.6 is 23.5 Å². The minimum atomic E-state index is -5.24. The molecule has 7 nitrogen and oxygen atoms in total. The fraction of sp³-hybridized carbons (Fsp3) is 0.400. The van der Waals surface area contributed by atoms with Gasteiger partial charge in [-0.25, -0.2) is 14.8 Å². The molecule has 3 rings (SSSR count). The van der Waals surface area contributed by atoms with Crippen molar-refractivity contribution in [3.05, 3.63) is 28.4 Å². The zero-order valence-electron chi connectivity index (χ0n) is 14.8. The highest BCUT2D eigenvalue weighted by atomic mass is 32.2. The smallest absolute Gasteiger partial charge is 0.412 e. The summed E-state index contributed by atoms with van der Waals surface area (Å²) in [6, 6.07) is 0. The summed E-state index contributed by atoms with van der Waals surface area (Å²) >= 11 is 1.39. The molecule has 1 aromatic rings. The largest absolute Gasteiger partial charge is 0.491 e. The second-order valence-electron chi connectivity index (χ2n) is 5.71. The summed E-state index contributed by atoms with van der Waals surface area (Å²) < 4.78 is 82.0. The highest BCUT2D eigenvalue weighted by molar-refractivity contribution is 8.13. The van der Waals surface area contributed by atoms with Crippen molar-refractivity contribution in [3.8, 4) is 0 Å². The van der Waals surface area contributed by atoms with Crippen molar-refractivity contribution in [2.75, 3.05) is 5.75 Å². The van der Waals surface area contributed by atoms with E-state index < -0.39 is 35.0 Å². The summed E-state index contributed by atoms with van der Waals surface area (Å²) in [4.78, 5) is 34.5. The van der Waals surface area contributed by atoms with Crippen LogP contribution in [-0.2, 0) is 32.8 Å². The number of aliphatic imine (C=N–C) groups is 2. The highest BCUT2D eigenvalue weighted by Gasteiger charge is 2.44. The maximum Gasteiger partial charge on any atom is 0.491 e. The van der Waals surface area contributed by atoms with E-state index in [0.29, 0.717) is 11.8 Å². The summed E-state index contributed by atoms with van der Waals surface area (Å²) in [5.74, 6) is -3.82. The van der Waals surface area contributed by atoms with E-state index >= 15 is 0 Å². The monoisotopic (exact) mass is 472 g/mol. The molecule has 0 aromatic carbocycles. The van der Waals surface area contributed by atoms with Gasteiger partial charge in [0.2, 0.25) is 0 Å². The van der Waals surface area contributed by atoms with Crippen molar-refractivity contribution in [2.24, 2.45) is 9.98 Å². The van der Waals surface area contributed by atoms with Crippen LogP contribution in [-0.4, -0.2) is 44.2 Å². The number of amidine groups is 1. The van der Waals surface area contributed by atoms with Crippen molar-refractivity contribution in [3.63, 3.8) is 0 Å².